The first kappa shape index (κ1) is 41.6. The number of likely N-dealkylation sites (N-methyl/N-ethyl adjacent to an activating group) is 1. The summed E-state index contributed by atoms with van der Waals surface area (Å²) in [7, 11) is 1.46. The van der Waals surface area contributed by atoms with Crippen LogP contribution in [-0.4, -0.2) is 104 Å². The average Bonchev–Trinajstić information content (AvgIpc) is 3.75. The van der Waals surface area contributed by atoms with Gasteiger partial charge in [0.1, 0.15) is 52.5 Å². The van der Waals surface area contributed by atoms with Gasteiger partial charge in [0.2, 0.25) is 11.8 Å². The number of imidazole rings is 1. The Balaban J connectivity index is 1.44. The maximum atomic E-state index is 14.8. The second kappa shape index (κ2) is 17.1. The molecular formula is C42H52F2N6O6. The molecule has 14 heteroatoms. The quantitative estimate of drug-likeness (QED) is 0.184. The number of carbonyl (C=O) groups is 4. The van der Waals surface area contributed by atoms with Gasteiger partial charge in [-0.15, -0.1) is 0 Å². The molecule has 0 saturated carbocycles. The normalized spacial score (nSPS) is 16.9. The van der Waals surface area contributed by atoms with Crippen molar-refractivity contribution in [3.63, 3.8) is 0 Å². The minimum absolute atomic E-state index is 0.0888. The molecule has 4 aromatic rings. The van der Waals surface area contributed by atoms with E-state index in [4.69, 9.17) is 9.47 Å². The predicted molar refractivity (Wildman–Crippen MR) is 207 cm³/mol. The first-order chi connectivity index (χ1) is 26.3. The van der Waals surface area contributed by atoms with Crippen molar-refractivity contribution in [1.82, 2.24) is 29.4 Å². The molecule has 5 rings (SSSR count). The molecule has 1 saturated heterocycles. The topological polar surface area (TPSA) is 126 Å². The number of nitrogens with one attached hydrogen (secondary N) is 1. The fourth-order valence-corrected chi connectivity index (χ4v) is 6.50. The van der Waals surface area contributed by atoms with Crippen LogP contribution in [0, 0.1) is 17.0 Å². The molecule has 1 fully saturated rings. The van der Waals surface area contributed by atoms with Gasteiger partial charge < -0.3 is 29.0 Å². The van der Waals surface area contributed by atoms with Crippen LogP contribution in [0.1, 0.15) is 70.9 Å². The zero-order valence-corrected chi connectivity index (χ0v) is 33.3. The van der Waals surface area contributed by atoms with Crippen molar-refractivity contribution >= 4 is 29.5 Å². The van der Waals surface area contributed by atoms with Crippen LogP contribution in [0.2, 0.25) is 0 Å². The lowest BCUT2D eigenvalue weighted by Gasteiger charge is -2.38. The van der Waals surface area contributed by atoms with Gasteiger partial charge in [-0.25, -0.2) is 18.6 Å². The molecular weight excluding hydrogens is 722 g/mol. The fraction of sp³-hybridized carbons (Fsp3) is 0.452. The smallest absolute Gasteiger partial charge is 0.410 e. The van der Waals surface area contributed by atoms with Crippen LogP contribution in [0.3, 0.4) is 0 Å². The number of ether oxygens (including phenoxy) is 2. The van der Waals surface area contributed by atoms with Crippen molar-refractivity contribution in [2.45, 2.75) is 91.1 Å². The number of benzene rings is 2. The van der Waals surface area contributed by atoms with Crippen LogP contribution in [0.5, 0.6) is 5.75 Å². The van der Waals surface area contributed by atoms with Crippen molar-refractivity contribution in [2.75, 3.05) is 26.7 Å². The largest absolute Gasteiger partial charge is 0.489 e. The number of hydrogen-bond acceptors (Lipinski definition) is 7. The van der Waals surface area contributed by atoms with E-state index in [0.717, 1.165) is 5.56 Å². The number of fused-ring (bicyclic) bond motifs is 1. The SMILES string of the molecule is CC(C(=O)NC(C(=O)N1CC(Oc2ccc(F)cc2)CC1CN(CCc1ccc(F)cc1)C(=O)c1cn2ccccc2n1)C(C)(C)C)N(C)C(=O)OC(C)(C)C. The lowest BCUT2D eigenvalue weighted by atomic mass is 9.85. The molecule has 2 aromatic heterocycles. The van der Waals surface area contributed by atoms with Crippen molar-refractivity contribution in [3.05, 3.63) is 102 Å². The maximum absolute atomic E-state index is 14.8. The fourth-order valence-electron chi connectivity index (χ4n) is 6.50. The molecule has 2 aromatic carbocycles. The number of likely N-dealkylation sites (tertiary alicyclic amines) is 1. The summed E-state index contributed by atoms with van der Waals surface area (Å²) in [4.78, 5) is 64.6. The minimum Gasteiger partial charge on any atom is -0.489 e. The summed E-state index contributed by atoms with van der Waals surface area (Å²) in [6.07, 6.45) is 2.95. The highest BCUT2D eigenvalue weighted by molar-refractivity contribution is 5.93. The van der Waals surface area contributed by atoms with Crippen molar-refractivity contribution in [2.24, 2.45) is 5.41 Å². The number of rotatable bonds is 12. The third kappa shape index (κ3) is 10.6. The lowest BCUT2D eigenvalue weighted by molar-refractivity contribution is -0.141. The van der Waals surface area contributed by atoms with E-state index in [0.29, 0.717) is 24.2 Å². The second-order valence-corrected chi connectivity index (χ2v) is 16.4. The highest BCUT2D eigenvalue weighted by Gasteiger charge is 2.45. The van der Waals surface area contributed by atoms with Gasteiger partial charge in [0.05, 0.1) is 12.6 Å². The van der Waals surface area contributed by atoms with Crippen LogP contribution >= 0.6 is 0 Å². The van der Waals surface area contributed by atoms with Gasteiger partial charge >= 0.3 is 6.09 Å². The van der Waals surface area contributed by atoms with Gasteiger partial charge in [-0.1, -0.05) is 39.0 Å². The third-order valence-electron chi connectivity index (χ3n) is 9.70. The molecule has 12 nitrogen and oxygen atoms in total. The van der Waals surface area contributed by atoms with Gasteiger partial charge in [-0.05, 0) is 93.6 Å². The Morgan fingerprint density at radius 2 is 1.59 bits per heavy atom. The molecule has 4 atom stereocenters. The summed E-state index contributed by atoms with van der Waals surface area (Å²) >= 11 is 0. The van der Waals surface area contributed by atoms with Crippen LogP contribution in [0.15, 0.2) is 79.1 Å². The average molecular weight is 775 g/mol. The Labute approximate surface area is 326 Å². The zero-order valence-electron chi connectivity index (χ0n) is 33.3. The number of halogens is 2. The summed E-state index contributed by atoms with van der Waals surface area (Å²) in [6, 6.07) is 14.5. The van der Waals surface area contributed by atoms with E-state index in [-0.39, 0.29) is 37.1 Å². The summed E-state index contributed by atoms with van der Waals surface area (Å²) in [5.74, 6) is -1.68. The van der Waals surface area contributed by atoms with E-state index < -0.39 is 59.0 Å². The molecule has 0 radical (unpaired) electrons. The Morgan fingerprint density at radius 3 is 2.20 bits per heavy atom. The summed E-state index contributed by atoms with van der Waals surface area (Å²) in [5, 5.41) is 2.91. The van der Waals surface area contributed by atoms with Gasteiger partial charge in [-0.2, -0.15) is 0 Å². The Hall–Kier alpha value is -5.53. The third-order valence-corrected chi connectivity index (χ3v) is 9.70. The molecule has 1 aliphatic heterocycles. The molecule has 1 N–H and O–H groups in total. The molecule has 300 valence electrons. The number of amides is 4. The zero-order chi connectivity index (χ0) is 40.9. The van der Waals surface area contributed by atoms with Crippen LogP contribution in [-0.2, 0) is 20.7 Å². The van der Waals surface area contributed by atoms with Crippen molar-refractivity contribution < 1.29 is 37.4 Å². The highest BCUT2D eigenvalue weighted by atomic mass is 19.1. The van der Waals surface area contributed by atoms with E-state index in [1.807, 2.05) is 32.9 Å². The van der Waals surface area contributed by atoms with Crippen LogP contribution in [0.25, 0.3) is 5.65 Å². The monoisotopic (exact) mass is 774 g/mol. The molecule has 0 aliphatic carbocycles. The molecule has 4 amide bonds. The number of nitrogens with zero attached hydrogens (tertiary/aromatic N) is 5. The number of pyridine rings is 1. The maximum Gasteiger partial charge on any atom is 0.410 e. The van der Waals surface area contributed by atoms with E-state index in [1.165, 1.54) is 48.3 Å². The second-order valence-electron chi connectivity index (χ2n) is 16.4. The number of carbonyl (C=O) groups excluding carboxylic acids is 4. The summed E-state index contributed by atoms with van der Waals surface area (Å²) in [5.41, 5.74) is 0.0641. The van der Waals surface area contributed by atoms with Crippen LogP contribution in [0.4, 0.5) is 13.6 Å². The van der Waals surface area contributed by atoms with Gasteiger partial charge in [0.25, 0.3) is 5.91 Å². The van der Waals surface area contributed by atoms with Gasteiger partial charge in [0.15, 0.2) is 0 Å². The van der Waals surface area contributed by atoms with Gasteiger partial charge in [-0.3, -0.25) is 19.3 Å². The molecule has 1 aliphatic rings. The van der Waals surface area contributed by atoms with Crippen molar-refractivity contribution in [3.8, 4) is 5.75 Å². The van der Waals surface area contributed by atoms with Gasteiger partial charge in [0, 0.05) is 39.0 Å². The molecule has 0 bridgehead atoms. The van der Waals surface area contributed by atoms with E-state index >= 15 is 0 Å². The number of hydrogen-bond donors (Lipinski definition) is 1. The minimum atomic E-state index is -1.04. The lowest BCUT2D eigenvalue weighted by Crippen LogP contribution is -2.60. The van der Waals surface area contributed by atoms with E-state index in [1.54, 1.807) is 72.5 Å². The Morgan fingerprint density at radius 1 is 0.946 bits per heavy atom. The summed E-state index contributed by atoms with van der Waals surface area (Å²) in [6.45, 7) is 12.7. The molecule has 3 heterocycles. The molecule has 4 unspecified atom stereocenters. The van der Waals surface area contributed by atoms with Crippen LogP contribution < -0.4 is 10.1 Å². The predicted octanol–water partition coefficient (Wildman–Crippen LogP) is 6.13. The van der Waals surface area contributed by atoms with Crippen molar-refractivity contribution in [1.29, 1.82) is 0 Å². The Kier molecular flexibility index (Phi) is 12.7. The summed E-state index contributed by atoms with van der Waals surface area (Å²) < 4.78 is 41.0. The highest BCUT2D eigenvalue weighted by Crippen LogP contribution is 2.29. The Bertz CT molecular complexity index is 1970. The first-order valence-electron chi connectivity index (χ1n) is 18.8. The molecule has 0 spiro atoms. The first-order valence-corrected chi connectivity index (χ1v) is 18.8. The standard InChI is InChI=1S/C42H52F2N6O6/c1-27(47(8)40(54)56-42(5,6)7)37(51)46-36(41(2,3)4)39(53)50-25-33(55-32-18-16-30(44)17-19-32)23-31(50)24-49(22-20-28-12-14-29(43)15-13-28)38(52)34-26-48-21-10-9-11-35(48)45-34/h9-19,21,26-27,31,33,36H,20,22-25H2,1-8H3,(H,46,51). The number of aromatic nitrogens is 2. The van der Waals surface area contributed by atoms with E-state index in [2.05, 4.69) is 10.3 Å². The van der Waals surface area contributed by atoms with E-state index in [9.17, 15) is 28.0 Å². The molecule has 56 heavy (non-hydrogen) atoms.